The van der Waals surface area contributed by atoms with E-state index in [1.807, 2.05) is 18.2 Å². The van der Waals surface area contributed by atoms with Crippen molar-refractivity contribution < 1.29 is 4.74 Å². The molecular formula is C12H17NO. The lowest BCUT2D eigenvalue weighted by molar-refractivity contribution is 0.414. The van der Waals surface area contributed by atoms with Gasteiger partial charge < -0.3 is 10.5 Å². The Morgan fingerprint density at radius 3 is 2.86 bits per heavy atom. The third kappa shape index (κ3) is 2.80. The van der Waals surface area contributed by atoms with Crippen LogP contribution in [-0.2, 0) is 0 Å². The Morgan fingerprint density at radius 2 is 2.29 bits per heavy atom. The average Bonchev–Trinajstić information content (AvgIpc) is 2.17. The van der Waals surface area contributed by atoms with E-state index < -0.39 is 0 Å². The second kappa shape index (κ2) is 4.70. The van der Waals surface area contributed by atoms with E-state index >= 15 is 0 Å². The number of allylic oxidation sites excluding steroid dienone is 1. The van der Waals surface area contributed by atoms with E-state index in [9.17, 15) is 0 Å². The molecule has 1 atom stereocenters. The van der Waals surface area contributed by atoms with Crippen LogP contribution in [0, 0.1) is 0 Å². The Balaban J connectivity index is 2.78. The van der Waals surface area contributed by atoms with E-state index in [1.54, 1.807) is 7.11 Å². The maximum atomic E-state index is 5.58. The van der Waals surface area contributed by atoms with Gasteiger partial charge in [-0.1, -0.05) is 25.6 Å². The minimum atomic E-state index is 0.391. The summed E-state index contributed by atoms with van der Waals surface area (Å²) in [5.74, 6) is 1.28. The van der Waals surface area contributed by atoms with Gasteiger partial charge in [0.05, 0.1) is 7.11 Å². The van der Waals surface area contributed by atoms with Gasteiger partial charge in [0.1, 0.15) is 5.75 Å². The number of benzene rings is 1. The first-order valence-corrected chi connectivity index (χ1v) is 4.70. The van der Waals surface area contributed by atoms with Gasteiger partial charge in [-0.3, -0.25) is 0 Å². The van der Waals surface area contributed by atoms with E-state index in [0.29, 0.717) is 5.92 Å². The molecule has 0 heterocycles. The van der Waals surface area contributed by atoms with Gasteiger partial charge in [-0.15, -0.1) is 0 Å². The summed E-state index contributed by atoms with van der Waals surface area (Å²) in [6, 6.07) is 8.04. The molecule has 0 saturated carbocycles. The van der Waals surface area contributed by atoms with Gasteiger partial charge >= 0.3 is 0 Å². The molecule has 0 bridgehead atoms. The zero-order chi connectivity index (χ0) is 10.6. The molecule has 2 heteroatoms. The highest BCUT2D eigenvalue weighted by Gasteiger charge is 2.06. The molecule has 0 fully saturated rings. The quantitative estimate of drug-likeness (QED) is 0.794. The number of hydrogen-bond acceptors (Lipinski definition) is 2. The van der Waals surface area contributed by atoms with Crippen molar-refractivity contribution in [1.82, 2.24) is 0 Å². The van der Waals surface area contributed by atoms with E-state index in [1.165, 1.54) is 5.56 Å². The van der Waals surface area contributed by atoms with Crippen molar-refractivity contribution in [3.63, 3.8) is 0 Å². The highest BCUT2D eigenvalue weighted by atomic mass is 16.5. The average molecular weight is 191 g/mol. The first-order valence-electron chi connectivity index (χ1n) is 4.70. The topological polar surface area (TPSA) is 35.2 Å². The lowest BCUT2D eigenvalue weighted by Gasteiger charge is -2.12. The molecule has 1 rings (SSSR count). The van der Waals surface area contributed by atoms with Crippen molar-refractivity contribution in [1.29, 1.82) is 0 Å². The Hall–Kier alpha value is -1.44. The summed E-state index contributed by atoms with van der Waals surface area (Å²) in [5, 5.41) is 0. The first-order chi connectivity index (χ1) is 6.63. The van der Waals surface area contributed by atoms with Crippen LogP contribution in [-0.4, -0.2) is 7.11 Å². The number of methoxy groups -OCH3 is 1. The van der Waals surface area contributed by atoms with Crippen LogP contribution in [0.5, 0.6) is 5.75 Å². The van der Waals surface area contributed by atoms with Crippen LogP contribution in [0.3, 0.4) is 0 Å². The summed E-state index contributed by atoms with van der Waals surface area (Å²) in [5.41, 5.74) is 7.53. The molecule has 1 aromatic rings. The molecule has 2 nitrogen and oxygen atoms in total. The van der Waals surface area contributed by atoms with Gasteiger partial charge in [0.15, 0.2) is 0 Å². The van der Waals surface area contributed by atoms with Crippen molar-refractivity contribution in [2.24, 2.45) is 5.73 Å². The third-order valence-electron chi connectivity index (χ3n) is 2.23. The van der Waals surface area contributed by atoms with Gasteiger partial charge in [-0.2, -0.15) is 0 Å². The predicted molar refractivity (Wildman–Crippen MR) is 59.4 cm³/mol. The van der Waals surface area contributed by atoms with E-state index in [-0.39, 0.29) is 0 Å². The number of nitrogens with two attached hydrogens (primary N) is 1. The first kappa shape index (κ1) is 10.6. The van der Waals surface area contributed by atoms with Crippen molar-refractivity contribution in [3.05, 3.63) is 42.1 Å². The highest BCUT2D eigenvalue weighted by Crippen LogP contribution is 2.24. The molecule has 0 radical (unpaired) electrons. The number of ether oxygens (including phenoxy) is 1. The highest BCUT2D eigenvalue weighted by molar-refractivity contribution is 5.31. The summed E-state index contributed by atoms with van der Waals surface area (Å²) < 4.78 is 5.16. The molecule has 0 aromatic heterocycles. The lowest BCUT2D eigenvalue weighted by atomic mass is 9.96. The molecule has 0 aliphatic carbocycles. The van der Waals surface area contributed by atoms with Crippen LogP contribution in [0.1, 0.15) is 24.8 Å². The molecule has 2 N–H and O–H groups in total. The van der Waals surface area contributed by atoms with Crippen LogP contribution in [0.2, 0.25) is 0 Å². The van der Waals surface area contributed by atoms with Crippen molar-refractivity contribution >= 4 is 0 Å². The van der Waals surface area contributed by atoms with Crippen LogP contribution in [0.4, 0.5) is 0 Å². The minimum Gasteiger partial charge on any atom is -0.497 e. The molecule has 0 spiro atoms. The van der Waals surface area contributed by atoms with Gasteiger partial charge in [-0.25, -0.2) is 0 Å². The summed E-state index contributed by atoms with van der Waals surface area (Å²) in [4.78, 5) is 0. The molecule has 1 aromatic carbocycles. The Labute approximate surface area is 85.4 Å². The molecule has 1 unspecified atom stereocenters. The van der Waals surface area contributed by atoms with Crippen LogP contribution >= 0.6 is 0 Å². The molecule has 0 aliphatic heterocycles. The lowest BCUT2D eigenvalue weighted by Crippen LogP contribution is -2.01. The maximum Gasteiger partial charge on any atom is 0.119 e. The summed E-state index contributed by atoms with van der Waals surface area (Å²) >= 11 is 0. The van der Waals surface area contributed by atoms with Gasteiger partial charge in [0.2, 0.25) is 0 Å². The van der Waals surface area contributed by atoms with Crippen molar-refractivity contribution in [3.8, 4) is 5.75 Å². The van der Waals surface area contributed by atoms with E-state index in [4.69, 9.17) is 10.5 Å². The predicted octanol–water partition coefficient (Wildman–Crippen LogP) is 2.66. The molecule has 76 valence electrons. The Kier molecular flexibility index (Phi) is 3.57. The zero-order valence-electron chi connectivity index (χ0n) is 8.79. The fourth-order valence-electron chi connectivity index (χ4n) is 1.46. The van der Waals surface area contributed by atoms with E-state index in [2.05, 4.69) is 19.6 Å². The standard InChI is InChI=1S/C12H17NO/c1-9(7-10(2)13)11-5-4-6-12(8-11)14-3/h4-6,8-9H,2,7,13H2,1,3H3. The minimum absolute atomic E-state index is 0.391. The third-order valence-corrected chi connectivity index (χ3v) is 2.23. The van der Waals surface area contributed by atoms with Crippen LogP contribution in [0.15, 0.2) is 36.5 Å². The van der Waals surface area contributed by atoms with Crippen molar-refractivity contribution in [2.45, 2.75) is 19.3 Å². The van der Waals surface area contributed by atoms with Crippen LogP contribution in [0.25, 0.3) is 0 Å². The monoisotopic (exact) mass is 191 g/mol. The second-order valence-electron chi connectivity index (χ2n) is 3.54. The van der Waals surface area contributed by atoms with Crippen LogP contribution < -0.4 is 10.5 Å². The SMILES string of the molecule is C=C(N)CC(C)c1cccc(OC)c1. The Morgan fingerprint density at radius 1 is 1.57 bits per heavy atom. The molecule has 0 amide bonds. The molecule has 14 heavy (non-hydrogen) atoms. The largest absolute Gasteiger partial charge is 0.497 e. The van der Waals surface area contributed by atoms with Gasteiger partial charge in [-0.05, 0) is 30.0 Å². The smallest absolute Gasteiger partial charge is 0.119 e. The molecule has 0 aliphatic rings. The fourth-order valence-corrected chi connectivity index (χ4v) is 1.46. The second-order valence-corrected chi connectivity index (χ2v) is 3.54. The Bertz CT molecular complexity index is 320. The molecule has 0 saturated heterocycles. The fraction of sp³-hybridized carbons (Fsp3) is 0.333. The zero-order valence-corrected chi connectivity index (χ0v) is 8.79. The van der Waals surface area contributed by atoms with Gasteiger partial charge in [0.25, 0.3) is 0 Å². The maximum absolute atomic E-state index is 5.58. The number of hydrogen-bond donors (Lipinski definition) is 1. The van der Waals surface area contributed by atoms with Gasteiger partial charge in [0, 0.05) is 5.70 Å². The molecular weight excluding hydrogens is 174 g/mol. The summed E-state index contributed by atoms with van der Waals surface area (Å²) in [7, 11) is 1.67. The number of rotatable bonds is 4. The normalized spacial score (nSPS) is 12.1. The van der Waals surface area contributed by atoms with Crippen molar-refractivity contribution in [2.75, 3.05) is 7.11 Å². The summed E-state index contributed by atoms with van der Waals surface area (Å²) in [6.45, 7) is 5.84. The summed E-state index contributed by atoms with van der Waals surface area (Å²) in [6.07, 6.45) is 0.813. The van der Waals surface area contributed by atoms with E-state index in [0.717, 1.165) is 17.9 Å².